The Balaban J connectivity index is 1.00. The first-order valence-corrected chi connectivity index (χ1v) is 32.9. The molecule has 8 N–H and O–H groups in total. The Bertz CT molecular complexity index is 2750. The first-order valence-electron chi connectivity index (χ1n) is 32.9. The Kier molecular flexibility index (Phi) is 26.7. The van der Waals surface area contributed by atoms with E-state index in [-0.39, 0.29) is 11.8 Å². The topological polar surface area (TPSA) is 170 Å². The summed E-state index contributed by atoms with van der Waals surface area (Å²) < 4.78 is 0. The molecule has 0 aromatic carbocycles. The van der Waals surface area contributed by atoms with E-state index in [0.717, 1.165) is 221 Å². The number of aromatic amines is 2. The van der Waals surface area contributed by atoms with Crippen LogP contribution in [0.4, 0.5) is 0 Å². The summed E-state index contributed by atoms with van der Waals surface area (Å²) in [6.45, 7) is 37.7. The molecule has 7 rings (SSSR count). The molecule has 14 nitrogen and oxygen atoms in total. The first kappa shape index (κ1) is 64.9. The Hall–Kier alpha value is -4.70. The third-order valence-electron chi connectivity index (χ3n) is 18.4. The molecule has 454 valence electrons. The van der Waals surface area contributed by atoms with E-state index in [4.69, 9.17) is 9.97 Å². The van der Waals surface area contributed by atoms with Gasteiger partial charge >= 0.3 is 0 Å². The van der Waals surface area contributed by atoms with Crippen molar-refractivity contribution in [3.63, 3.8) is 0 Å². The number of hydrogen-bond acceptors (Lipinski definition) is 10. The molecule has 2 saturated carbocycles. The van der Waals surface area contributed by atoms with E-state index in [1.54, 1.807) is 0 Å². The van der Waals surface area contributed by atoms with Gasteiger partial charge in [0, 0.05) is 61.1 Å². The van der Waals surface area contributed by atoms with Crippen LogP contribution in [-0.2, 0) is 22.4 Å². The minimum Gasteiger partial charge on any atom is -0.355 e. The second kappa shape index (κ2) is 33.7. The number of H-pyrrole nitrogens is 2. The highest BCUT2D eigenvalue weighted by Gasteiger charge is 2.36. The second-order valence-electron chi connectivity index (χ2n) is 24.2. The molecule has 3 aromatic rings. The standard InChI is InChI=1S/C68H110N12O2/c1-11-55-47(7)59-39-60-49(9)57(25-27-67(81)79(15-5)35-23-21-33-73-45-53-37-51(53)43-71-31-19-17-29-69-13-3)65(77-60)42-66-58(50(10)62(78-66)41-64-56(12-2)48(8)61(76-64)40-63(55)75-59)26-28-68(82)80(16-6)36-24-22-34-74-46-54-38-52(54)44-72-32-20-18-30-70-14-4/h39-42,51-54,69-76H,11-38,43-46H2,1-10H3. The molecule has 3 aromatic heterocycles. The van der Waals surface area contributed by atoms with Crippen LogP contribution in [0.5, 0.6) is 0 Å². The summed E-state index contributed by atoms with van der Waals surface area (Å²) in [6.07, 6.45) is 15.5. The predicted molar refractivity (Wildman–Crippen MR) is 346 cm³/mol. The van der Waals surface area contributed by atoms with E-state index in [0.29, 0.717) is 38.8 Å². The summed E-state index contributed by atoms with van der Waals surface area (Å²) in [4.78, 5) is 50.8. The summed E-state index contributed by atoms with van der Waals surface area (Å²) >= 11 is 0. The Morgan fingerprint density at radius 3 is 1.20 bits per heavy atom. The van der Waals surface area contributed by atoms with E-state index >= 15 is 0 Å². The maximum atomic E-state index is 14.1. The fraction of sp³-hybridized carbons (Fsp3) is 0.676. The van der Waals surface area contributed by atoms with Gasteiger partial charge in [-0.2, -0.15) is 0 Å². The Labute approximate surface area is 494 Å². The number of rotatable bonds is 40. The van der Waals surface area contributed by atoms with E-state index in [9.17, 15) is 9.59 Å². The predicted octanol–water partition coefficient (Wildman–Crippen LogP) is 11.1. The molecule has 2 aliphatic heterocycles. The largest absolute Gasteiger partial charge is 0.355 e. The average molecular weight is 1130 g/mol. The highest BCUT2D eigenvalue weighted by molar-refractivity contribution is 5.97. The number of allylic oxidation sites excluding steroid dienone is 4. The zero-order valence-electron chi connectivity index (χ0n) is 52.9. The molecule has 8 bridgehead atoms. The second-order valence-corrected chi connectivity index (χ2v) is 24.2. The number of aryl methyl sites for hydroxylation is 4. The summed E-state index contributed by atoms with van der Waals surface area (Å²) in [7, 11) is 0. The van der Waals surface area contributed by atoms with Crippen LogP contribution in [0.25, 0.3) is 44.4 Å². The number of carbonyl (C=O) groups is 2. The number of hydrogen-bond donors (Lipinski definition) is 8. The molecule has 4 atom stereocenters. The molecule has 2 aliphatic carbocycles. The summed E-state index contributed by atoms with van der Waals surface area (Å²) in [5.74, 6) is 3.57. The number of nitrogens with one attached hydrogen (secondary N) is 8. The van der Waals surface area contributed by atoms with E-state index in [1.165, 1.54) is 60.8 Å². The highest BCUT2D eigenvalue weighted by atomic mass is 16.2. The van der Waals surface area contributed by atoms with Crippen LogP contribution >= 0.6 is 0 Å². The maximum absolute atomic E-state index is 14.1. The monoisotopic (exact) mass is 1130 g/mol. The number of nitrogens with zero attached hydrogens (tertiary/aromatic N) is 4. The van der Waals surface area contributed by atoms with Gasteiger partial charge in [0.25, 0.3) is 0 Å². The quantitative estimate of drug-likeness (QED) is 0.0257. The molecule has 2 fully saturated rings. The fourth-order valence-electron chi connectivity index (χ4n) is 12.7. The van der Waals surface area contributed by atoms with Crippen LogP contribution in [0.2, 0.25) is 0 Å². The van der Waals surface area contributed by atoms with Gasteiger partial charge in [0.2, 0.25) is 11.8 Å². The zero-order valence-corrected chi connectivity index (χ0v) is 52.9. The smallest absolute Gasteiger partial charge is 0.222 e. The van der Waals surface area contributed by atoms with Crippen LogP contribution in [0.3, 0.4) is 0 Å². The lowest BCUT2D eigenvalue weighted by atomic mass is 9.97. The average Bonchev–Trinajstić information content (AvgIpc) is 4.39. The van der Waals surface area contributed by atoms with E-state index in [1.807, 2.05) is 9.80 Å². The van der Waals surface area contributed by atoms with Crippen molar-refractivity contribution in [2.75, 3.05) is 105 Å². The lowest BCUT2D eigenvalue weighted by Crippen LogP contribution is -2.32. The molecular formula is C68H110N12O2. The molecule has 0 radical (unpaired) electrons. The van der Waals surface area contributed by atoms with Crippen molar-refractivity contribution in [3.8, 4) is 0 Å². The molecule has 5 heterocycles. The SMILES string of the molecule is CCNCCCCNCC1CC1CNCCCCN(CC)C(=O)CCC1=C(C)c2cc3[nH]c(cc4[nH]c(cc5nc(cc1n2)C(CCC(=O)N(CC)CCCCNCC1CC1CNCCCCNCC)=C5C)c(CC)c4C)c(CC)c3C. The Morgan fingerprint density at radius 2 is 0.817 bits per heavy atom. The molecule has 0 saturated heterocycles. The Morgan fingerprint density at radius 1 is 0.463 bits per heavy atom. The lowest BCUT2D eigenvalue weighted by Gasteiger charge is -2.21. The van der Waals surface area contributed by atoms with Gasteiger partial charge < -0.3 is 51.7 Å². The number of unbranched alkanes of at least 4 members (excludes halogenated alkanes) is 4. The van der Waals surface area contributed by atoms with Gasteiger partial charge in [-0.05, 0) is 302 Å². The van der Waals surface area contributed by atoms with Crippen molar-refractivity contribution >= 4 is 56.2 Å². The number of fused-ring (bicyclic) bond motifs is 8. The molecule has 4 unspecified atom stereocenters. The summed E-state index contributed by atoms with van der Waals surface area (Å²) in [5.41, 5.74) is 17.2. The maximum Gasteiger partial charge on any atom is 0.222 e. The summed E-state index contributed by atoms with van der Waals surface area (Å²) in [5, 5.41) is 21.6. The van der Waals surface area contributed by atoms with E-state index in [2.05, 4.69) is 135 Å². The van der Waals surface area contributed by atoms with Crippen LogP contribution in [0.1, 0.15) is 190 Å². The number of carbonyl (C=O) groups excluding carboxylic acids is 2. The molecule has 14 heteroatoms. The fourth-order valence-corrected chi connectivity index (χ4v) is 12.7. The van der Waals surface area contributed by atoms with Gasteiger partial charge in [-0.3, -0.25) is 9.59 Å². The molecule has 4 aliphatic rings. The normalized spacial score (nSPS) is 17.6. The van der Waals surface area contributed by atoms with Gasteiger partial charge in [0.1, 0.15) is 0 Å². The number of amides is 2. The van der Waals surface area contributed by atoms with Crippen LogP contribution in [0.15, 0.2) is 24.3 Å². The minimum atomic E-state index is 0.188. The van der Waals surface area contributed by atoms with Gasteiger partial charge in [0.15, 0.2) is 0 Å². The van der Waals surface area contributed by atoms with Crippen LogP contribution < -0.4 is 31.9 Å². The molecule has 82 heavy (non-hydrogen) atoms. The van der Waals surface area contributed by atoms with Crippen molar-refractivity contribution in [2.45, 2.75) is 172 Å². The van der Waals surface area contributed by atoms with Crippen molar-refractivity contribution in [1.29, 1.82) is 0 Å². The van der Waals surface area contributed by atoms with Crippen LogP contribution in [0, 0.1) is 37.5 Å². The first-order chi connectivity index (χ1) is 39.9. The van der Waals surface area contributed by atoms with Crippen molar-refractivity contribution in [2.24, 2.45) is 23.7 Å². The molecule has 2 amide bonds. The third kappa shape index (κ3) is 18.6. The third-order valence-corrected chi connectivity index (χ3v) is 18.4. The van der Waals surface area contributed by atoms with Gasteiger partial charge in [-0.15, -0.1) is 0 Å². The van der Waals surface area contributed by atoms with E-state index < -0.39 is 0 Å². The molecular weight excluding hydrogens is 1020 g/mol. The van der Waals surface area contributed by atoms with Crippen molar-refractivity contribution < 1.29 is 9.59 Å². The number of aromatic nitrogens is 4. The van der Waals surface area contributed by atoms with Gasteiger partial charge in [-0.25, -0.2) is 9.97 Å². The van der Waals surface area contributed by atoms with Crippen molar-refractivity contribution in [3.05, 3.63) is 69.3 Å². The zero-order chi connectivity index (χ0) is 58.4. The molecule has 0 spiro atoms. The van der Waals surface area contributed by atoms with Gasteiger partial charge in [-0.1, -0.05) is 27.7 Å². The summed E-state index contributed by atoms with van der Waals surface area (Å²) in [6, 6.07) is 8.85. The minimum absolute atomic E-state index is 0.188. The highest BCUT2D eigenvalue weighted by Crippen LogP contribution is 2.40. The lowest BCUT2D eigenvalue weighted by molar-refractivity contribution is -0.131. The van der Waals surface area contributed by atoms with Crippen LogP contribution in [-0.4, -0.2) is 146 Å². The van der Waals surface area contributed by atoms with Crippen molar-refractivity contribution in [1.82, 2.24) is 61.6 Å². The van der Waals surface area contributed by atoms with Gasteiger partial charge in [0.05, 0.1) is 22.8 Å².